The Kier molecular flexibility index (Phi) is 5.81. The number of amides is 1. The first-order valence-electron chi connectivity index (χ1n) is 9.01. The summed E-state index contributed by atoms with van der Waals surface area (Å²) in [6, 6.07) is 10.4. The van der Waals surface area contributed by atoms with Crippen LogP contribution < -0.4 is 5.73 Å². The highest BCUT2D eigenvalue weighted by molar-refractivity contribution is 7.89. The lowest BCUT2D eigenvalue weighted by Crippen LogP contribution is -2.44. The molecule has 1 heterocycles. The molecule has 2 aromatic rings. The van der Waals surface area contributed by atoms with Crippen LogP contribution in [-0.4, -0.2) is 24.7 Å². The number of nitrogens with two attached hydrogens (primary N) is 1. The number of benzene rings is 2. The largest absolute Gasteiger partial charge is 0.369 e. The lowest BCUT2D eigenvalue weighted by molar-refractivity contribution is -0.117. The third-order valence-electron chi connectivity index (χ3n) is 5.10. The van der Waals surface area contributed by atoms with Gasteiger partial charge in [-0.05, 0) is 37.5 Å². The summed E-state index contributed by atoms with van der Waals surface area (Å²) in [4.78, 5) is 11.0. The summed E-state index contributed by atoms with van der Waals surface area (Å²) in [6.07, 6.45) is 0.665. The van der Waals surface area contributed by atoms with Gasteiger partial charge in [-0.15, -0.1) is 0 Å². The summed E-state index contributed by atoms with van der Waals surface area (Å²) in [5, 5.41) is -0.716. The van der Waals surface area contributed by atoms with E-state index >= 15 is 0 Å². The van der Waals surface area contributed by atoms with Gasteiger partial charge in [0.25, 0.3) is 0 Å². The molecule has 2 unspecified atom stereocenters. The van der Waals surface area contributed by atoms with E-state index in [-0.39, 0.29) is 23.7 Å². The fourth-order valence-electron chi connectivity index (χ4n) is 3.59. The molecule has 1 saturated heterocycles. The molecule has 3 rings (SSSR count). The van der Waals surface area contributed by atoms with Crippen molar-refractivity contribution in [2.75, 3.05) is 0 Å². The van der Waals surface area contributed by atoms with Gasteiger partial charge in [-0.3, -0.25) is 4.79 Å². The average Bonchev–Trinajstić information content (AvgIpc) is 2.62. The van der Waals surface area contributed by atoms with Gasteiger partial charge >= 0.3 is 0 Å². The number of hydrogen-bond acceptors (Lipinski definition) is 3. The molecule has 1 aliphatic rings. The van der Waals surface area contributed by atoms with Crippen LogP contribution in [0.5, 0.6) is 0 Å². The minimum Gasteiger partial charge on any atom is -0.369 e. The van der Waals surface area contributed by atoms with Crippen molar-refractivity contribution >= 4 is 15.9 Å². The Bertz CT molecular complexity index is 980. The number of hydrogen-bond donors (Lipinski definition) is 1. The van der Waals surface area contributed by atoms with Crippen LogP contribution in [-0.2, 0) is 27.8 Å². The number of sulfonamides is 1. The van der Waals surface area contributed by atoms with E-state index in [0.717, 1.165) is 12.1 Å². The van der Waals surface area contributed by atoms with E-state index in [1.54, 1.807) is 31.2 Å². The molecule has 8 heteroatoms. The third-order valence-corrected chi connectivity index (χ3v) is 7.47. The normalized spacial score (nSPS) is 22.1. The predicted octanol–water partition coefficient (Wildman–Crippen LogP) is 3.05. The number of rotatable bonds is 5. The second kappa shape index (κ2) is 7.97. The van der Waals surface area contributed by atoms with E-state index in [0.29, 0.717) is 18.4 Å². The quantitative estimate of drug-likeness (QED) is 0.826. The van der Waals surface area contributed by atoms with Crippen LogP contribution >= 0.6 is 0 Å². The molecule has 1 amide bonds. The Morgan fingerprint density at radius 1 is 1.11 bits per heavy atom. The van der Waals surface area contributed by atoms with Gasteiger partial charge in [0.2, 0.25) is 15.9 Å². The zero-order chi connectivity index (χ0) is 20.5. The molecular formula is C20H22F2N2O3S. The van der Waals surface area contributed by atoms with Crippen LogP contribution in [0.15, 0.2) is 42.5 Å². The second-order valence-corrected chi connectivity index (χ2v) is 9.16. The highest BCUT2D eigenvalue weighted by Crippen LogP contribution is 2.38. The summed E-state index contributed by atoms with van der Waals surface area (Å²) in [5.41, 5.74) is 5.50. The molecule has 2 atom stereocenters. The average molecular weight is 408 g/mol. The van der Waals surface area contributed by atoms with Crippen molar-refractivity contribution in [3.05, 3.63) is 70.8 Å². The molecule has 0 bridgehead atoms. The summed E-state index contributed by atoms with van der Waals surface area (Å²) in [6.45, 7) is 1.49. The molecular weight excluding hydrogens is 386 g/mol. The predicted molar refractivity (Wildman–Crippen MR) is 102 cm³/mol. The molecule has 150 valence electrons. The summed E-state index contributed by atoms with van der Waals surface area (Å²) >= 11 is 0. The Morgan fingerprint density at radius 2 is 1.71 bits per heavy atom. The van der Waals surface area contributed by atoms with Crippen LogP contribution in [0.1, 0.15) is 41.7 Å². The monoisotopic (exact) mass is 408 g/mol. The maximum atomic E-state index is 14.5. The van der Waals surface area contributed by atoms with E-state index < -0.39 is 39.2 Å². The van der Waals surface area contributed by atoms with E-state index in [1.807, 2.05) is 6.07 Å². The standard InChI is InChI=1S/C20H22F2N2O3S/c1-13-7-8-19(14-5-3-2-4-6-14)28(26,27)24(13)12-16-10-17(21)15(9-18(16)22)11-20(23)25/h2-6,9-10,13,19H,7-8,11-12H2,1H3,(H2,23,25). The molecule has 5 nitrogen and oxygen atoms in total. The van der Waals surface area contributed by atoms with Crippen LogP contribution in [0.3, 0.4) is 0 Å². The summed E-state index contributed by atoms with van der Waals surface area (Å²) in [7, 11) is -3.75. The van der Waals surface area contributed by atoms with Crippen molar-refractivity contribution < 1.29 is 22.0 Å². The van der Waals surface area contributed by atoms with E-state index in [2.05, 4.69) is 0 Å². The maximum absolute atomic E-state index is 14.5. The van der Waals surface area contributed by atoms with E-state index in [4.69, 9.17) is 5.73 Å². The van der Waals surface area contributed by atoms with Gasteiger partial charge in [0.1, 0.15) is 16.9 Å². The fourth-order valence-corrected chi connectivity index (χ4v) is 5.78. The van der Waals surface area contributed by atoms with Crippen molar-refractivity contribution in [2.24, 2.45) is 5.73 Å². The molecule has 1 fully saturated rings. The van der Waals surface area contributed by atoms with Crippen molar-refractivity contribution in [3.8, 4) is 0 Å². The fraction of sp³-hybridized carbons (Fsp3) is 0.350. The highest BCUT2D eigenvalue weighted by atomic mass is 32.2. The van der Waals surface area contributed by atoms with Gasteiger partial charge in [0, 0.05) is 23.7 Å². The highest BCUT2D eigenvalue weighted by Gasteiger charge is 2.40. The Morgan fingerprint density at radius 3 is 2.36 bits per heavy atom. The first-order chi connectivity index (χ1) is 13.2. The number of carbonyl (C=O) groups is 1. The number of halogens is 2. The van der Waals surface area contributed by atoms with Crippen molar-refractivity contribution in [2.45, 2.75) is 44.0 Å². The first kappa shape index (κ1) is 20.4. The van der Waals surface area contributed by atoms with Crippen molar-refractivity contribution in [1.29, 1.82) is 0 Å². The minimum absolute atomic E-state index is 0.0742. The van der Waals surface area contributed by atoms with Gasteiger partial charge in [0.15, 0.2) is 0 Å². The molecule has 2 aromatic carbocycles. The zero-order valence-corrected chi connectivity index (χ0v) is 16.3. The maximum Gasteiger partial charge on any atom is 0.221 e. The Hall–Kier alpha value is -2.32. The summed E-state index contributed by atoms with van der Waals surface area (Å²) in [5.74, 6) is -2.32. The zero-order valence-electron chi connectivity index (χ0n) is 15.4. The topological polar surface area (TPSA) is 80.5 Å². The molecule has 0 aromatic heterocycles. The lowest BCUT2D eigenvalue weighted by atomic mass is 10.0. The van der Waals surface area contributed by atoms with E-state index in [9.17, 15) is 22.0 Å². The molecule has 1 aliphatic heterocycles. The van der Waals surface area contributed by atoms with Gasteiger partial charge in [-0.2, -0.15) is 4.31 Å². The van der Waals surface area contributed by atoms with Gasteiger partial charge in [-0.25, -0.2) is 17.2 Å². The molecule has 0 saturated carbocycles. The van der Waals surface area contributed by atoms with Crippen LogP contribution in [0.4, 0.5) is 8.78 Å². The van der Waals surface area contributed by atoms with Crippen molar-refractivity contribution in [3.63, 3.8) is 0 Å². The third kappa shape index (κ3) is 4.07. The molecule has 0 spiro atoms. The van der Waals surface area contributed by atoms with Gasteiger partial charge < -0.3 is 5.73 Å². The van der Waals surface area contributed by atoms with Gasteiger partial charge in [-0.1, -0.05) is 30.3 Å². The Labute approximate surface area is 163 Å². The second-order valence-electron chi connectivity index (χ2n) is 7.09. The molecule has 0 radical (unpaired) electrons. The number of primary amides is 1. The first-order valence-corrected chi connectivity index (χ1v) is 10.5. The van der Waals surface area contributed by atoms with E-state index in [1.165, 1.54) is 4.31 Å². The lowest BCUT2D eigenvalue weighted by Gasteiger charge is -2.37. The molecule has 2 N–H and O–H groups in total. The SMILES string of the molecule is CC1CCC(c2ccccc2)S(=O)(=O)N1Cc1cc(F)c(CC(N)=O)cc1F. The van der Waals surface area contributed by atoms with Crippen LogP contribution in [0.2, 0.25) is 0 Å². The number of carbonyl (C=O) groups excluding carboxylic acids is 1. The Balaban J connectivity index is 1.92. The van der Waals surface area contributed by atoms with Crippen molar-refractivity contribution in [1.82, 2.24) is 4.31 Å². The van der Waals surface area contributed by atoms with Crippen LogP contribution in [0.25, 0.3) is 0 Å². The minimum atomic E-state index is -3.75. The molecule has 28 heavy (non-hydrogen) atoms. The molecule has 0 aliphatic carbocycles. The summed E-state index contributed by atoms with van der Waals surface area (Å²) < 4.78 is 56.3. The number of nitrogens with zero attached hydrogens (tertiary/aromatic N) is 1. The smallest absolute Gasteiger partial charge is 0.221 e. The van der Waals surface area contributed by atoms with Crippen LogP contribution in [0, 0.1) is 11.6 Å². The van der Waals surface area contributed by atoms with Gasteiger partial charge in [0.05, 0.1) is 6.42 Å².